The first-order valence-corrected chi connectivity index (χ1v) is 11.2. The Labute approximate surface area is 196 Å². The Hall–Kier alpha value is -3.59. The Morgan fingerprint density at radius 3 is 2.67 bits per heavy atom. The van der Waals surface area contributed by atoms with Crippen LogP contribution in [0.25, 0.3) is 0 Å². The fraction of sp³-hybridized carbons (Fsp3) is 0.250. The number of hydrogen-bond acceptors (Lipinski definition) is 8. The van der Waals surface area contributed by atoms with Gasteiger partial charge in [-0.1, -0.05) is 36.0 Å². The molecule has 8 nitrogen and oxygen atoms in total. The molecule has 0 radical (unpaired) electrons. The number of allylic oxidation sites excluding steroid dienone is 1. The molecule has 0 aliphatic carbocycles. The topological polar surface area (TPSA) is 93.1 Å². The molecular formula is C24H24N4O4S. The van der Waals surface area contributed by atoms with Crippen LogP contribution in [0.2, 0.25) is 0 Å². The SMILES string of the molecule is COC(=O)C1=C(C)N=C2SC=C(CC(=O)NCc3ccccn3)N2[C@H]1c1ccccc1OC. The zero-order valence-corrected chi connectivity index (χ0v) is 19.4. The van der Waals surface area contributed by atoms with Crippen molar-refractivity contribution in [2.75, 3.05) is 14.2 Å². The van der Waals surface area contributed by atoms with Gasteiger partial charge < -0.3 is 19.7 Å². The minimum Gasteiger partial charge on any atom is -0.496 e. The Kier molecular flexibility index (Phi) is 6.79. The molecule has 1 amide bonds. The molecule has 0 fully saturated rings. The van der Waals surface area contributed by atoms with Crippen molar-refractivity contribution >= 4 is 28.8 Å². The molecule has 3 heterocycles. The fourth-order valence-electron chi connectivity index (χ4n) is 3.85. The van der Waals surface area contributed by atoms with Gasteiger partial charge in [0.25, 0.3) is 0 Å². The highest BCUT2D eigenvalue weighted by atomic mass is 32.2. The molecule has 33 heavy (non-hydrogen) atoms. The normalized spacial score (nSPS) is 17.2. The van der Waals surface area contributed by atoms with E-state index in [2.05, 4.69) is 15.3 Å². The molecule has 9 heteroatoms. The molecular weight excluding hydrogens is 440 g/mol. The lowest BCUT2D eigenvalue weighted by Crippen LogP contribution is -2.38. The van der Waals surface area contributed by atoms with E-state index in [9.17, 15) is 9.59 Å². The van der Waals surface area contributed by atoms with Gasteiger partial charge in [0, 0.05) is 17.5 Å². The molecule has 1 aromatic heterocycles. The molecule has 0 saturated heterocycles. The molecule has 2 aromatic rings. The standard InChI is InChI=1S/C24H24N4O4S/c1-15-21(23(30)32-3)22(18-9-4-5-10-19(18)31-2)28-17(14-33-24(28)27-15)12-20(29)26-13-16-8-6-7-11-25-16/h4-11,14,22H,12-13H2,1-3H3,(H,26,29)/t22-/m0/s1. The van der Waals surface area contributed by atoms with E-state index in [4.69, 9.17) is 9.47 Å². The van der Waals surface area contributed by atoms with Crippen LogP contribution in [0.1, 0.15) is 30.6 Å². The second kappa shape index (κ2) is 9.91. The minimum absolute atomic E-state index is 0.123. The van der Waals surface area contributed by atoms with Crippen molar-refractivity contribution in [1.82, 2.24) is 15.2 Å². The lowest BCUT2D eigenvalue weighted by atomic mass is 9.93. The van der Waals surface area contributed by atoms with Crippen molar-refractivity contribution < 1.29 is 19.1 Å². The number of amides is 1. The van der Waals surface area contributed by atoms with E-state index in [1.54, 1.807) is 20.2 Å². The van der Waals surface area contributed by atoms with E-state index in [-0.39, 0.29) is 12.3 Å². The first-order valence-electron chi connectivity index (χ1n) is 10.4. The Morgan fingerprint density at radius 1 is 1.15 bits per heavy atom. The smallest absolute Gasteiger partial charge is 0.338 e. The number of rotatable bonds is 7. The third-order valence-corrected chi connectivity index (χ3v) is 6.26. The minimum atomic E-state index is -0.536. The molecule has 0 spiro atoms. The van der Waals surface area contributed by atoms with Crippen LogP contribution in [-0.4, -0.2) is 41.1 Å². The number of esters is 1. The number of nitrogens with one attached hydrogen (secondary N) is 1. The van der Waals surface area contributed by atoms with Gasteiger partial charge >= 0.3 is 5.97 Å². The third kappa shape index (κ3) is 4.63. The fourth-order valence-corrected chi connectivity index (χ4v) is 4.81. The average molecular weight is 465 g/mol. The maximum atomic E-state index is 12.8. The van der Waals surface area contributed by atoms with Gasteiger partial charge in [-0.15, -0.1) is 0 Å². The van der Waals surface area contributed by atoms with Crippen molar-refractivity contribution in [3.8, 4) is 5.75 Å². The number of ether oxygens (including phenoxy) is 2. The van der Waals surface area contributed by atoms with Crippen LogP contribution in [0.3, 0.4) is 0 Å². The molecule has 0 bridgehead atoms. The number of nitrogens with zero attached hydrogens (tertiary/aromatic N) is 3. The lowest BCUT2D eigenvalue weighted by molar-refractivity contribution is -0.136. The number of aliphatic imine (C=N–C) groups is 1. The highest BCUT2D eigenvalue weighted by Gasteiger charge is 2.42. The lowest BCUT2D eigenvalue weighted by Gasteiger charge is -2.36. The van der Waals surface area contributed by atoms with Crippen LogP contribution in [0.4, 0.5) is 0 Å². The molecule has 1 N–H and O–H groups in total. The monoisotopic (exact) mass is 464 g/mol. The molecule has 2 aliphatic heterocycles. The van der Waals surface area contributed by atoms with Crippen LogP contribution in [0.15, 0.2) is 76.0 Å². The van der Waals surface area contributed by atoms with Crippen LogP contribution < -0.4 is 10.1 Å². The number of methoxy groups -OCH3 is 2. The number of aromatic nitrogens is 1. The number of thioether (sulfide) groups is 1. The van der Waals surface area contributed by atoms with Crippen molar-refractivity contribution in [2.45, 2.75) is 25.9 Å². The number of pyridine rings is 1. The molecule has 4 rings (SSSR count). The van der Waals surface area contributed by atoms with Crippen molar-refractivity contribution in [3.05, 3.63) is 82.3 Å². The molecule has 1 aromatic carbocycles. The predicted octanol–water partition coefficient (Wildman–Crippen LogP) is 3.54. The first-order chi connectivity index (χ1) is 16.0. The van der Waals surface area contributed by atoms with E-state index < -0.39 is 12.0 Å². The van der Waals surface area contributed by atoms with Gasteiger partial charge in [-0.2, -0.15) is 0 Å². The average Bonchev–Trinajstić information content (AvgIpc) is 3.23. The van der Waals surface area contributed by atoms with Gasteiger partial charge in [-0.25, -0.2) is 9.79 Å². The zero-order valence-electron chi connectivity index (χ0n) is 18.6. The van der Waals surface area contributed by atoms with Crippen molar-refractivity contribution in [1.29, 1.82) is 0 Å². The third-order valence-electron chi connectivity index (χ3n) is 5.37. The molecule has 0 saturated carbocycles. The highest BCUT2D eigenvalue weighted by Crippen LogP contribution is 2.46. The molecule has 2 aliphatic rings. The summed E-state index contributed by atoms with van der Waals surface area (Å²) in [6.45, 7) is 2.13. The van der Waals surface area contributed by atoms with Crippen LogP contribution >= 0.6 is 11.8 Å². The molecule has 170 valence electrons. The van der Waals surface area contributed by atoms with Gasteiger partial charge in [0.1, 0.15) is 5.75 Å². The van der Waals surface area contributed by atoms with Crippen LogP contribution in [-0.2, 0) is 20.9 Å². The maximum Gasteiger partial charge on any atom is 0.338 e. The van der Waals surface area contributed by atoms with E-state index in [0.717, 1.165) is 17.0 Å². The van der Waals surface area contributed by atoms with Crippen molar-refractivity contribution in [2.24, 2.45) is 4.99 Å². The van der Waals surface area contributed by atoms with Crippen LogP contribution in [0.5, 0.6) is 5.75 Å². The highest BCUT2D eigenvalue weighted by molar-refractivity contribution is 8.16. The van der Waals surface area contributed by atoms with Gasteiger partial charge in [0.2, 0.25) is 5.91 Å². The van der Waals surface area contributed by atoms with Gasteiger partial charge in [0.15, 0.2) is 5.17 Å². The van der Waals surface area contributed by atoms with Gasteiger partial charge in [-0.05, 0) is 30.5 Å². The zero-order chi connectivity index (χ0) is 23.4. The van der Waals surface area contributed by atoms with Gasteiger partial charge in [-0.3, -0.25) is 9.78 Å². The summed E-state index contributed by atoms with van der Waals surface area (Å²) in [5, 5.41) is 5.50. The summed E-state index contributed by atoms with van der Waals surface area (Å²) in [5.41, 5.74) is 3.29. The van der Waals surface area contributed by atoms with Crippen LogP contribution in [0, 0.1) is 0 Å². The van der Waals surface area contributed by atoms with E-state index in [1.807, 2.05) is 52.8 Å². The largest absolute Gasteiger partial charge is 0.496 e. The summed E-state index contributed by atoms with van der Waals surface area (Å²) in [4.78, 5) is 36.4. The summed E-state index contributed by atoms with van der Waals surface area (Å²) in [7, 11) is 2.94. The number of fused-ring (bicyclic) bond motifs is 1. The number of amidine groups is 1. The predicted molar refractivity (Wildman–Crippen MR) is 126 cm³/mol. The Morgan fingerprint density at radius 2 is 1.94 bits per heavy atom. The second-order valence-corrected chi connectivity index (χ2v) is 8.24. The summed E-state index contributed by atoms with van der Waals surface area (Å²) in [6.07, 6.45) is 1.81. The maximum absolute atomic E-state index is 12.8. The first kappa shape index (κ1) is 22.6. The molecule has 1 atom stereocenters. The molecule has 0 unspecified atom stereocenters. The number of para-hydroxylation sites is 1. The Balaban J connectivity index is 1.64. The van der Waals surface area contributed by atoms with E-state index >= 15 is 0 Å². The number of benzene rings is 1. The number of hydrogen-bond donors (Lipinski definition) is 1. The van der Waals surface area contributed by atoms with Gasteiger partial charge in [0.05, 0.1) is 50.2 Å². The summed E-state index contributed by atoms with van der Waals surface area (Å²) >= 11 is 1.42. The number of carbonyl (C=O) groups excluding carboxylic acids is 2. The number of carbonyl (C=O) groups is 2. The summed E-state index contributed by atoms with van der Waals surface area (Å²) in [5.74, 6) is 0.00860. The summed E-state index contributed by atoms with van der Waals surface area (Å²) in [6, 6.07) is 12.5. The van der Waals surface area contributed by atoms with Crippen molar-refractivity contribution in [3.63, 3.8) is 0 Å². The van der Waals surface area contributed by atoms with E-state index in [0.29, 0.717) is 28.7 Å². The second-order valence-electron chi connectivity index (χ2n) is 7.40. The van der Waals surface area contributed by atoms with E-state index in [1.165, 1.54) is 18.9 Å². The summed E-state index contributed by atoms with van der Waals surface area (Å²) < 4.78 is 10.7. The quantitative estimate of drug-likeness (QED) is 0.627. The Bertz CT molecular complexity index is 1160.